The molecule has 0 N–H and O–H groups in total. The van der Waals surface area contributed by atoms with Crippen molar-refractivity contribution in [1.29, 1.82) is 0 Å². The van der Waals surface area contributed by atoms with E-state index in [1.54, 1.807) is 6.07 Å². The maximum absolute atomic E-state index is 15.2. The van der Waals surface area contributed by atoms with Crippen molar-refractivity contribution in [2.75, 3.05) is 0 Å². The number of rotatable bonds is 12. The van der Waals surface area contributed by atoms with Crippen LogP contribution in [0.2, 0.25) is 0 Å². The molecule has 0 fully saturated rings. The summed E-state index contributed by atoms with van der Waals surface area (Å²) in [7, 11) is 0. The van der Waals surface area contributed by atoms with Gasteiger partial charge in [0.25, 0.3) is 0 Å². The Morgan fingerprint density at radius 2 is 1.17 bits per heavy atom. The summed E-state index contributed by atoms with van der Waals surface area (Å²) >= 11 is 0. The van der Waals surface area contributed by atoms with Crippen molar-refractivity contribution in [1.82, 2.24) is 0 Å². The summed E-state index contributed by atoms with van der Waals surface area (Å²) in [5, 5.41) is 0. The molecule has 0 saturated carbocycles. The lowest BCUT2D eigenvalue weighted by Crippen LogP contribution is -2.23. The number of unbranched alkanes of at least 4 members (excludes halogenated alkanes) is 2. The summed E-state index contributed by atoms with van der Waals surface area (Å²) < 4.78 is 122. The van der Waals surface area contributed by atoms with Crippen LogP contribution >= 0.6 is 0 Å². The molecule has 5 aromatic carbocycles. The molecule has 0 spiro atoms. The Morgan fingerprint density at radius 3 is 1.74 bits per heavy atom. The second-order valence-electron chi connectivity index (χ2n) is 10.8. The average molecular weight is 657 g/mol. The minimum atomic E-state index is -3.94. The highest BCUT2D eigenvalue weighted by Gasteiger charge is 2.37. The molecule has 0 amide bonds. The Labute approximate surface area is 266 Å². The zero-order chi connectivity index (χ0) is 33.7. The van der Waals surface area contributed by atoms with Crippen molar-refractivity contribution < 1.29 is 44.6 Å². The summed E-state index contributed by atoms with van der Waals surface area (Å²) in [5.74, 6) is -4.57. The van der Waals surface area contributed by atoms with Crippen molar-refractivity contribution in [3.63, 3.8) is 0 Å². The van der Waals surface area contributed by atoms with E-state index in [2.05, 4.69) is 4.74 Å². The van der Waals surface area contributed by atoms with Gasteiger partial charge < -0.3 is 9.47 Å². The van der Waals surface area contributed by atoms with Crippen molar-refractivity contribution in [2.24, 2.45) is 0 Å². The minimum absolute atomic E-state index is 0.0386. The van der Waals surface area contributed by atoms with Crippen LogP contribution in [0.4, 0.5) is 35.1 Å². The number of hydrogen-bond donors (Lipinski definition) is 0. The second-order valence-corrected chi connectivity index (χ2v) is 10.8. The highest BCUT2D eigenvalue weighted by Crippen LogP contribution is 2.36. The van der Waals surface area contributed by atoms with Gasteiger partial charge in [-0.25, -0.2) is 17.6 Å². The van der Waals surface area contributed by atoms with Gasteiger partial charge in [0.05, 0.1) is 5.56 Å². The van der Waals surface area contributed by atoms with E-state index in [0.29, 0.717) is 23.1 Å². The normalized spacial score (nSPS) is 11.6. The first-order valence-corrected chi connectivity index (χ1v) is 14.8. The van der Waals surface area contributed by atoms with Crippen molar-refractivity contribution in [3.8, 4) is 44.9 Å². The Morgan fingerprint density at radius 1 is 0.596 bits per heavy atom. The van der Waals surface area contributed by atoms with Crippen LogP contribution in [0.5, 0.6) is 11.5 Å². The molecule has 0 aliphatic heterocycles. The molecule has 0 aliphatic rings. The van der Waals surface area contributed by atoms with Gasteiger partial charge in [-0.05, 0) is 89.2 Å². The maximum atomic E-state index is 15.2. The first-order chi connectivity index (χ1) is 22.4. The lowest BCUT2D eigenvalue weighted by Gasteiger charge is -2.19. The lowest BCUT2D eigenvalue weighted by molar-refractivity contribution is -0.187. The molecule has 5 aromatic rings. The molecule has 5 rings (SSSR count). The van der Waals surface area contributed by atoms with Crippen LogP contribution in [0.15, 0.2) is 97.1 Å². The number of hydrogen-bond acceptors (Lipinski definition) is 2. The Bertz CT molecular complexity index is 1850. The van der Waals surface area contributed by atoms with Gasteiger partial charge in [-0.3, -0.25) is 0 Å². The van der Waals surface area contributed by atoms with Gasteiger partial charge in [0.2, 0.25) is 0 Å². The van der Waals surface area contributed by atoms with Gasteiger partial charge in [-0.15, -0.1) is 0 Å². The van der Waals surface area contributed by atoms with E-state index in [9.17, 15) is 26.3 Å². The first kappa shape index (κ1) is 33.5. The number of halogens is 8. The monoisotopic (exact) mass is 656 g/mol. The van der Waals surface area contributed by atoms with Crippen LogP contribution < -0.4 is 9.47 Å². The molecule has 0 aromatic heterocycles. The van der Waals surface area contributed by atoms with Gasteiger partial charge in [-0.2, -0.15) is 17.6 Å². The smallest absolute Gasteiger partial charge is 0.429 e. The molecule has 0 atom stereocenters. The standard InChI is InChI=1S/C37H28F8O2/c1-2-3-4-5-22-6-16-30(33(40)18-22)37(44,45)47-27-12-7-23(8-13-27)24-9-14-28(31(38)19-24)25-10-15-29(32(39)20-25)26-11-17-35(34(41)21-26)46-36(42)43/h6-21,36H,2-5H2,1H3. The van der Waals surface area contributed by atoms with Crippen LogP contribution in [0.25, 0.3) is 33.4 Å². The third-order valence-electron chi connectivity index (χ3n) is 7.56. The van der Waals surface area contributed by atoms with Gasteiger partial charge in [0, 0.05) is 11.1 Å². The Balaban J connectivity index is 1.29. The quantitative estimate of drug-likeness (QED) is 0.0983. The molecule has 0 unspecified atom stereocenters. The molecule has 0 heterocycles. The molecule has 10 heteroatoms. The number of ether oxygens (including phenoxy) is 2. The molecule has 244 valence electrons. The average Bonchev–Trinajstić information content (AvgIpc) is 3.02. The van der Waals surface area contributed by atoms with E-state index in [0.717, 1.165) is 49.6 Å². The van der Waals surface area contributed by atoms with Crippen LogP contribution in [-0.4, -0.2) is 6.61 Å². The Hall–Kier alpha value is -4.86. The fraction of sp³-hybridized carbons (Fsp3) is 0.189. The van der Waals surface area contributed by atoms with Crippen LogP contribution in [-0.2, 0) is 12.5 Å². The zero-order valence-electron chi connectivity index (χ0n) is 25.0. The van der Waals surface area contributed by atoms with Gasteiger partial charge in [0.1, 0.15) is 23.2 Å². The van der Waals surface area contributed by atoms with Gasteiger partial charge in [0.15, 0.2) is 11.6 Å². The third kappa shape index (κ3) is 7.93. The molecule has 0 radical (unpaired) electrons. The highest BCUT2D eigenvalue weighted by molar-refractivity contribution is 5.74. The maximum Gasteiger partial charge on any atom is 0.429 e. The molecular formula is C37H28F8O2. The van der Waals surface area contributed by atoms with Crippen molar-refractivity contribution >= 4 is 0 Å². The van der Waals surface area contributed by atoms with E-state index in [1.807, 2.05) is 6.92 Å². The zero-order valence-corrected chi connectivity index (χ0v) is 25.0. The SMILES string of the molecule is CCCCCc1ccc(C(F)(F)Oc2ccc(-c3ccc(-c4ccc(-c5ccc(OC(F)F)c(F)c5)c(F)c4)c(F)c3)cc2)c(F)c1. The third-order valence-corrected chi connectivity index (χ3v) is 7.56. The minimum Gasteiger partial charge on any atom is -0.432 e. The summed E-state index contributed by atoms with van der Waals surface area (Å²) in [4.78, 5) is 0. The van der Waals surface area contributed by atoms with Crippen molar-refractivity contribution in [2.45, 2.75) is 45.3 Å². The van der Waals surface area contributed by atoms with Gasteiger partial charge in [-0.1, -0.05) is 68.3 Å². The number of alkyl halides is 4. The molecule has 47 heavy (non-hydrogen) atoms. The predicted molar refractivity (Wildman–Crippen MR) is 163 cm³/mol. The fourth-order valence-corrected chi connectivity index (χ4v) is 5.15. The molecular weight excluding hydrogens is 628 g/mol. The van der Waals surface area contributed by atoms with Crippen LogP contribution in [0.1, 0.15) is 37.3 Å². The van der Waals surface area contributed by atoms with Crippen LogP contribution in [0, 0.1) is 23.3 Å². The lowest BCUT2D eigenvalue weighted by atomic mass is 9.97. The van der Waals surface area contributed by atoms with E-state index in [1.165, 1.54) is 60.7 Å². The van der Waals surface area contributed by atoms with E-state index >= 15 is 8.78 Å². The second kappa shape index (κ2) is 14.3. The number of benzene rings is 5. The van der Waals surface area contributed by atoms with Crippen molar-refractivity contribution in [3.05, 3.63) is 131 Å². The molecule has 2 nitrogen and oxygen atoms in total. The molecule has 0 aliphatic carbocycles. The number of aryl methyl sites for hydroxylation is 1. The summed E-state index contributed by atoms with van der Waals surface area (Å²) in [6.45, 7) is -1.19. The summed E-state index contributed by atoms with van der Waals surface area (Å²) in [5.41, 5.74) is 0.880. The van der Waals surface area contributed by atoms with Crippen LogP contribution in [0.3, 0.4) is 0 Å². The topological polar surface area (TPSA) is 18.5 Å². The summed E-state index contributed by atoms with van der Waals surface area (Å²) in [6, 6.07) is 20.0. The fourth-order valence-electron chi connectivity index (χ4n) is 5.15. The first-order valence-electron chi connectivity index (χ1n) is 14.8. The van der Waals surface area contributed by atoms with E-state index < -0.39 is 47.3 Å². The Kier molecular flexibility index (Phi) is 10.2. The predicted octanol–water partition coefficient (Wildman–Crippen LogP) is 11.7. The highest BCUT2D eigenvalue weighted by atomic mass is 19.3. The molecule has 0 bridgehead atoms. The summed E-state index contributed by atoms with van der Waals surface area (Å²) in [6.07, 6.45) is -0.577. The van der Waals surface area contributed by atoms with E-state index in [4.69, 9.17) is 4.74 Å². The van der Waals surface area contributed by atoms with E-state index in [-0.39, 0.29) is 28.0 Å². The largest absolute Gasteiger partial charge is 0.432 e. The molecule has 0 saturated heterocycles. The van der Waals surface area contributed by atoms with Gasteiger partial charge >= 0.3 is 12.7 Å².